The van der Waals surface area contributed by atoms with Gasteiger partial charge in [0, 0.05) is 5.39 Å². The molecular weight excluding hydrogens is 372 g/mol. The van der Waals surface area contributed by atoms with Crippen LogP contribution >= 0.6 is 0 Å². The van der Waals surface area contributed by atoms with Gasteiger partial charge in [0.1, 0.15) is 11.3 Å². The average Bonchev–Trinajstić information content (AvgIpc) is 3.17. The Kier molecular flexibility index (Phi) is 6.42. The van der Waals surface area contributed by atoms with E-state index in [1.807, 2.05) is 24.3 Å². The zero-order valence-corrected chi connectivity index (χ0v) is 15.9. The number of hydrazone groups is 1. The predicted molar refractivity (Wildman–Crippen MR) is 109 cm³/mol. The van der Waals surface area contributed by atoms with Crippen molar-refractivity contribution in [3.05, 3.63) is 78.1 Å². The van der Waals surface area contributed by atoms with Crippen LogP contribution in [-0.4, -0.2) is 31.8 Å². The van der Waals surface area contributed by atoms with Crippen LogP contribution in [0, 0.1) is 0 Å². The zero-order valence-electron chi connectivity index (χ0n) is 15.9. The number of nitrogens with one attached hydrogen (secondary N) is 1. The summed E-state index contributed by atoms with van der Waals surface area (Å²) in [5, 5.41) is 4.83. The monoisotopic (exact) mass is 392 g/mol. The minimum absolute atomic E-state index is 0.179. The second kappa shape index (κ2) is 9.36. The Labute approximate surface area is 167 Å². The van der Waals surface area contributed by atoms with Crippen LogP contribution in [0.1, 0.15) is 21.7 Å². The van der Waals surface area contributed by atoms with Gasteiger partial charge in [-0.25, -0.2) is 10.2 Å². The molecule has 29 heavy (non-hydrogen) atoms. The lowest BCUT2D eigenvalue weighted by molar-refractivity contribution is -0.142. The minimum atomic E-state index is -0.464. The van der Waals surface area contributed by atoms with Crippen molar-refractivity contribution in [2.45, 2.75) is 6.42 Å². The first-order chi connectivity index (χ1) is 14.1. The van der Waals surface area contributed by atoms with Crippen molar-refractivity contribution in [1.82, 2.24) is 5.43 Å². The molecule has 0 aliphatic rings. The quantitative estimate of drug-likeness (QED) is 0.274. The number of para-hydroxylation sites is 1. The Bertz CT molecular complexity index is 1040. The normalized spacial score (nSPS) is 10.8. The Balaban J connectivity index is 1.67. The number of allylic oxidation sites excluding steroid dienone is 1. The van der Waals surface area contributed by atoms with Crippen LogP contribution < -0.4 is 10.2 Å². The van der Waals surface area contributed by atoms with Crippen LogP contribution in [0.25, 0.3) is 11.0 Å². The molecule has 3 rings (SSSR count). The van der Waals surface area contributed by atoms with E-state index in [0.717, 1.165) is 16.5 Å². The molecule has 7 nitrogen and oxygen atoms in total. The first-order valence-electron chi connectivity index (χ1n) is 8.86. The number of hydrogen-bond acceptors (Lipinski definition) is 6. The molecule has 3 aromatic rings. The topological polar surface area (TPSA) is 90.1 Å². The molecule has 0 radical (unpaired) electrons. The van der Waals surface area contributed by atoms with Gasteiger partial charge in [-0.05, 0) is 47.9 Å². The number of carbonyl (C=O) groups is 2. The number of amides is 1. The largest absolute Gasteiger partial charge is 0.482 e. The van der Waals surface area contributed by atoms with Crippen molar-refractivity contribution in [2.24, 2.45) is 5.10 Å². The van der Waals surface area contributed by atoms with E-state index >= 15 is 0 Å². The number of furan rings is 1. The highest BCUT2D eigenvalue weighted by molar-refractivity contribution is 5.96. The Morgan fingerprint density at radius 1 is 1.21 bits per heavy atom. The van der Waals surface area contributed by atoms with Crippen LogP contribution in [0.15, 0.2) is 70.7 Å². The highest BCUT2D eigenvalue weighted by Gasteiger charge is 2.11. The van der Waals surface area contributed by atoms with E-state index in [1.54, 1.807) is 30.3 Å². The van der Waals surface area contributed by atoms with E-state index < -0.39 is 11.9 Å². The van der Waals surface area contributed by atoms with E-state index in [9.17, 15) is 9.59 Å². The molecule has 0 spiro atoms. The van der Waals surface area contributed by atoms with E-state index in [2.05, 4.69) is 21.8 Å². The molecule has 0 bridgehead atoms. The van der Waals surface area contributed by atoms with Gasteiger partial charge in [0.2, 0.25) is 0 Å². The summed E-state index contributed by atoms with van der Waals surface area (Å²) in [7, 11) is 1.30. The molecule has 0 saturated carbocycles. The van der Waals surface area contributed by atoms with E-state index in [1.165, 1.54) is 13.3 Å². The van der Waals surface area contributed by atoms with Gasteiger partial charge in [0.15, 0.2) is 12.4 Å². The van der Waals surface area contributed by atoms with Gasteiger partial charge in [-0.15, -0.1) is 6.58 Å². The highest BCUT2D eigenvalue weighted by Crippen LogP contribution is 2.21. The molecule has 0 unspecified atom stereocenters. The van der Waals surface area contributed by atoms with Crippen molar-refractivity contribution in [1.29, 1.82) is 0 Å². The summed E-state index contributed by atoms with van der Waals surface area (Å²) in [6.45, 7) is 3.55. The maximum atomic E-state index is 12.2. The smallest absolute Gasteiger partial charge is 0.343 e. The fourth-order valence-electron chi connectivity index (χ4n) is 2.65. The molecule has 1 N–H and O–H groups in total. The van der Waals surface area contributed by atoms with Crippen molar-refractivity contribution >= 4 is 29.1 Å². The van der Waals surface area contributed by atoms with Gasteiger partial charge in [-0.2, -0.15) is 5.10 Å². The fourth-order valence-corrected chi connectivity index (χ4v) is 2.65. The Morgan fingerprint density at radius 2 is 2.03 bits per heavy atom. The maximum Gasteiger partial charge on any atom is 0.343 e. The zero-order chi connectivity index (χ0) is 20.6. The number of rotatable bonds is 8. The summed E-state index contributed by atoms with van der Waals surface area (Å²) in [6, 6.07) is 14.4. The number of nitrogens with zero attached hydrogens (tertiary/aromatic N) is 1. The van der Waals surface area contributed by atoms with Crippen LogP contribution in [-0.2, 0) is 16.0 Å². The summed E-state index contributed by atoms with van der Waals surface area (Å²) in [5.41, 5.74) is 4.66. The van der Waals surface area contributed by atoms with Crippen LogP contribution in [0.5, 0.6) is 5.75 Å². The first-order valence-corrected chi connectivity index (χ1v) is 8.86. The molecule has 7 heteroatoms. The fraction of sp³-hybridized carbons (Fsp3) is 0.136. The summed E-state index contributed by atoms with van der Waals surface area (Å²) in [6.07, 6.45) is 3.78. The van der Waals surface area contributed by atoms with Gasteiger partial charge in [0.25, 0.3) is 0 Å². The molecule has 2 aromatic carbocycles. The molecule has 0 saturated heterocycles. The van der Waals surface area contributed by atoms with Gasteiger partial charge in [0.05, 0.1) is 13.3 Å². The van der Waals surface area contributed by atoms with Crippen LogP contribution in [0.2, 0.25) is 0 Å². The molecule has 0 fully saturated rings. The molecule has 0 atom stereocenters. The summed E-state index contributed by atoms with van der Waals surface area (Å²) in [4.78, 5) is 23.5. The second-order valence-electron chi connectivity index (χ2n) is 6.07. The third kappa shape index (κ3) is 5.10. The summed E-state index contributed by atoms with van der Waals surface area (Å²) < 4.78 is 15.6. The first kappa shape index (κ1) is 19.9. The lowest BCUT2D eigenvalue weighted by Crippen LogP contribution is -2.16. The number of fused-ring (bicyclic) bond motifs is 1. The Hall–Kier alpha value is -3.87. The molecule has 0 aliphatic carbocycles. The molecule has 148 valence electrons. The number of esters is 1. The van der Waals surface area contributed by atoms with Gasteiger partial charge in [-0.3, -0.25) is 4.79 Å². The van der Waals surface area contributed by atoms with Crippen LogP contribution in [0.3, 0.4) is 0 Å². The number of carbonyl (C=O) groups excluding carboxylic acids is 2. The van der Waals surface area contributed by atoms with Crippen molar-refractivity contribution in [3.63, 3.8) is 0 Å². The van der Waals surface area contributed by atoms with Crippen molar-refractivity contribution in [3.8, 4) is 5.75 Å². The lowest BCUT2D eigenvalue weighted by Gasteiger charge is -2.10. The van der Waals surface area contributed by atoms with Crippen LogP contribution in [0.4, 0.5) is 0 Å². The number of hydrogen-bond donors (Lipinski definition) is 1. The van der Waals surface area contributed by atoms with Gasteiger partial charge < -0.3 is 13.9 Å². The predicted octanol–water partition coefficient (Wildman–Crippen LogP) is 3.48. The number of ether oxygens (including phenoxy) is 2. The molecule has 1 heterocycles. The summed E-state index contributed by atoms with van der Waals surface area (Å²) in [5.74, 6) is -0.170. The second-order valence-corrected chi connectivity index (χ2v) is 6.07. The lowest BCUT2D eigenvalue weighted by atomic mass is 10.1. The molecule has 1 amide bonds. The molecular formula is C22H20N2O5. The van der Waals surface area contributed by atoms with Crippen molar-refractivity contribution in [2.75, 3.05) is 13.7 Å². The summed E-state index contributed by atoms with van der Waals surface area (Å²) >= 11 is 0. The van der Waals surface area contributed by atoms with Gasteiger partial charge >= 0.3 is 11.9 Å². The van der Waals surface area contributed by atoms with E-state index in [0.29, 0.717) is 17.8 Å². The third-order valence-electron chi connectivity index (χ3n) is 4.05. The van der Waals surface area contributed by atoms with E-state index in [4.69, 9.17) is 9.15 Å². The standard InChI is InChI=1S/C22H20N2O5/c1-3-6-16-11-15(9-10-18(16)28-14-21(25)27-2)13-23-24-22(26)20-12-17-7-4-5-8-19(17)29-20/h3-5,7-13H,1,6,14H2,2H3,(H,24,26)/b23-13+. The molecule has 1 aromatic heterocycles. The molecule has 0 aliphatic heterocycles. The van der Waals surface area contributed by atoms with Gasteiger partial charge in [-0.1, -0.05) is 24.3 Å². The number of methoxy groups -OCH3 is 1. The Morgan fingerprint density at radius 3 is 2.79 bits per heavy atom. The maximum absolute atomic E-state index is 12.2. The van der Waals surface area contributed by atoms with E-state index in [-0.39, 0.29) is 12.4 Å². The average molecular weight is 392 g/mol. The SMILES string of the molecule is C=CCc1cc(/C=N/NC(=O)c2cc3ccccc3o2)ccc1OCC(=O)OC. The number of benzene rings is 2. The minimum Gasteiger partial charge on any atom is -0.482 e. The van der Waals surface area contributed by atoms with Crippen molar-refractivity contribution < 1.29 is 23.5 Å². The third-order valence-corrected chi connectivity index (χ3v) is 4.05. The highest BCUT2D eigenvalue weighted by atomic mass is 16.6.